The Balaban J connectivity index is 2.31. The van der Waals surface area contributed by atoms with Crippen molar-refractivity contribution in [2.24, 2.45) is 0 Å². The molecule has 0 spiro atoms. The molecule has 0 aliphatic carbocycles. The van der Waals surface area contributed by atoms with E-state index >= 15 is 0 Å². The topological polar surface area (TPSA) is 54.3 Å². The van der Waals surface area contributed by atoms with Crippen molar-refractivity contribution >= 4 is 21.6 Å². The highest BCUT2D eigenvalue weighted by molar-refractivity contribution is 9.10. The molecule has 1 atom stereocenters. The normalized spacial score (nSPS) is 11.3. The molecule has 4 nitrogen and oxygen atoms in total. The van der Waals surface area contributed by atoms with Crippen molar-refractivity contribution in [2.75, 3.05) is 19.5 Å². The van der Waals surface area contributed by atoms with Crippen molar-refractivity contribution in [2.45, 2.75) is 6.04 Å². The summed E-state index contributed by atoms with van der Waals surface area (Å²) < 4.78 is 11.5. The van der Waals surface area contributed by atoms with Gasteiger partial charge in [0, 0.05) is 21.8 Å². The molecule has 21 heavy (non-hydrogen) atoms. The van der Waals surface area contributed by atoms with Gasteiger partial charge in [-0.15, -0.1) is 0 Å². The average molecular weight is 347 g/mol. The molecule has 0 heterocycles. The van der Waals surface area contributed by atoms with E-state index in [1.165, 1.54) is 0 Å². The zero-order valence-corrected chi connectivity index (χ0v) is 13.3. The molecule has 0 bridgehead atoms. The predicted molar refractivity (Wildman–Crippen MR) is 85.7 cm³/mol. The Kier molecular flexibility index (Phi) is 5.07. The first-order chi connectivity index (χ1) is 10.2. The quantitative estimate of drug-likeness (QED) is 0.883. The monoisotopic (exact) mass is 346 g/mol. The minimum Gasteiger partial charge on any atom is -0.497 e. The SMILES string of the molecule is COc1ccc(C(C#N)Nc2cccc(Br)c2)c(OC)c1. The molecular formula is C16H15BrN2O2. The highest BCUT2D eigenvalue weighted by Crippen LogP contribution is 2.31. The van der Waals surface area contributed by atoms with Gasteiger partial charge in [-0.2, -0.15) is 5.26 Å². The highest BCUT2D eigenvalue weighted by atomic mass is 79.9. The summed E-state index contributed by atoms with van der Waals surface area (Å²) in [5, 5.41) is 12.6. The van der Waals surface area contributed by atoms with Crippen molar-refractivity contribution in [3.63, 3.8) is 0 Å². The molecule has 1 N–H and O–H groups in total. The number of nitriles is 1. The van der Waals surface area contributed by atoms with E-state index < -0.39 is 6.04 Å². The fourth-order valence-electron chi connectivity index (χ4n) is 1.98. The van der Waals surface area contributed by atoms with Crippen molar-refractivity contribution < 1.29 is 9.47 Å². The van der Waals surface area contributed by atoms with Gasteiger partial charge in [-0.05, 0) is 30.3 Å². The average Bonchev–Trinajstić information content (AvgIpc) is 2.52. The minimum atomic E-state index is -0.514. The number of methoxy groups -OCH3 is 2. The molecular weight excluding hydrogens is 332 g/mol. The van der Waals surface area contributed by atoms with Crippen LogP contribution in [0.15, 0.2) is 46.9 Å². The second kappa shape index (κ2) is 7.00. The van der Waals surface area contributed by atoms with Crippen LogP contribution in [0, 0.1) is 11.3 Å². The number of ether oxygens (including phenoxy) is 2. The molecule has 0 aromatic heterocycles. The van der Waals surface area contributed by atoms with Crippen molar-refractivity contribution in [1.29, 1.82) is 5.26 Å². The van der Waals surface area contributed by atoms with Crippen LogP contribution in [0.2, 0.25) is 0 Å². The maximum Gasteiger partial charge on any atom is 0.143 e. The summed E-state index contributed by atoms with van der Waals surface area (Å²) in [6, 6.07) is 14.8. The maximum atomic E-state index is 9.45. The summed E-state index contributed by atoms with van der Waals surface area (Å²) in [5.74, 6) is 1.30. The number of hydrogen-bond donors (Lipinski definition) is 1. The first-order valence-corrected chi connectivity index (χ1v) is 7.11. The number of nitrogens with one attached hydrogen (secondary N) is 1. The second-order valence-corrected chi connectivity index (χ2v) is 5.24. The van der Waals surface area contributed by atoms with Gasteiger partial charge in [0.05, 0.1) is 20.3 Å². The van der Waals surface area contributed by atoms with Gasteiger partial charge in [-0.1, -0.05) is 22.0 Å². The van der Waals surface area contributed by atoms with Gasteiger partial charge < -0.3 is 14.8 Å². The van der Waals surface area contributed by atoms with Crippen LogP contribution in [-0.4, -0.2) is 14.2 Å². The van der Waals surface area contributed by atoms with E-state index in [-0.39, 0.29) is 0 Å². The fraction of sp³-hybridized carbons (Fsp3) is 0.188. The van der Waals surface area contributed by atoms with Crippen LogP contribution in [0.5, 0.6) is 11.5 Å². The third-order valence-corrected chi connectivity index (χ3v) is 3.51. The molecule has 2 aromatic rings. The Morgan fingerprint density at radius 2 is 1.95 bits per heavy atom. The molecule has 0 aliphatic rings. The van der Waals surface area contributed by atoms with Gasteiger partial charge in [0.25, 0.3) is 0 Å². The van der Waals surface area contributed by atoms with E-state index in [2.05, 4.69) is 27.3 Å². The molecule has 0 radical (unpaired) electrons. The molecule has 5 heteroatoms. The van der Waals surface area contributed by atoms with Gasteiger partial charge in [0.15, 0.2) is 0 Å². The Morgan fingerprint density at radius 3 is 2.57 bits per heavy atom. The largest absolute Gasteiger partial charge is 0.497 e. The molecule has 0 amide bonds. The van der Waals surface area contributed by atoms with Crippen LogP contribution in [0.25, 0.3) is 0 Å². The number of benzene rings is 2. The summed E-state index contributed by atoms with van der Waals surface area (Å²) in [5.41, 5.74) is 1.62. The van der Waals surface area contributed by atoms with Crippen molar-refractivity contribution in [3.8, 4) is 17.6 Å². The maximum absolute atomic E-state index is 9.45. The Labute approximate surface area is 132 Å². The molecule has 1 unspecified atom stereocenters. The molecule has 108 valence electrons. The summed E-state index contributed by atoms with van der Waals surface area (Å²) in [4.78, 5) is 0. The number of hydrogen-bond acceptors (Lipinski definition) is 4. The smallest absolute Gasteiger partial charge is 0.143 e. The standard InChI is InChI=1S/C16H15BrN2O2/c1-20-13-6-7-14(16(9-13)21-2)15(10-18)19-12-5-3-4-11(17)8-12/h3-9,15,19H,1-2H3. The van der Waals surface area contributed by atoms with E-state index in [0.717, 1.165) is 15.7 Å². The number of rotatable bonds is 5. The number of anilines is 1. The van der Waals surface area contributed by atoms with E-state index in [4.69, 9.17) is 9.47 Å². The van der Waals surface area contributed by atoms with Crippen molar-refractivity contribution in [1.82, 2.24) is 0 Å². The minimum absolute atomic E-state index is 0.514. The first-order valence-electron chi connectivity index (χ1n) is 6.31. The molecule has 2 rings (SSSR count). The van der Waals surface area contributed by atoms with Gasteiger partial charge in [0.1, 0.15) is 17.5 Å². The lowest BCUT2D eigenvalue weighted by Gasteiger charge is -2.17. The molecule has 0 fully saturated rings. The van der Waals surface area contributed by atoms with Crippen molar-refractivity contribution in [3.05, 3.63) is 52.5 Å². The highest BCUT2D eigenvalue weighted by Gasteiger charge is 2.16. The first kappa shape index (κ1) is 15.2. The van der Waals surface area contributed by atoms with E-state index in [9.17, 15) is 5.26 Å². The lowest BCUT2D eigenvalue weighted by molar-refractivity contribution is 0.390. The van der Waals surface area contributed by atoms with Crippen LogP contribution >= 0.6 is 15.9 Å². The summed E-state index contributed by atoms with van der Waals surface area (Å²) in [7, 11) is 3.17. The van der Waals surface area contributed by atoms with E-state index in [0.29, 0.717) is 11.5 Å². The molecule has 2 aromatic carbocycles. The van der Waals surface area contributed by atoms with Crippen LogP contribution in [-0.2, 0) is 0 Å². The zero-order valence-electron chi connectivity index (χ0n) is 11.8. The predicted octanol–water partition coefficient (Wildman–Crippen LogP) is 4.14. The van der Waals surface area contributed by atoms with Crippen LogP contribution in [0.4, 0.5) is 5.69 Å². The van der Waals surface area contributed by atoms with Crippen LogP contribution in [0.1, 0.15) is 11.6 Å². The fourth-order valence-corrected chi connectivity index (χ4v) is 2.38. The Morgan fingerprint density at radius 1 is 1.14 bits per heavy atom. The van der Waals surface area contributed by atoms with Gasteiger partial charge in [0.2, 0.25) is 0 Å². The third kappa shape index (κ3) is 3.67. The lowest BCUT2D eigenvalue weighted by Crippen LogP contribution is -2.10. The van der Waals surface area contributed by atoms with Gasteiger partial charge in [-0.3, -0.25) is 0 Å². The Bertz CT molecular complexity index is 668. The molecule has 0 aliphatic heterocycles. The summed E-state index contributed by atoms with van der Waals surface area (Å²) in [6.07, 6.45) is 0. The second-order valence-electron chi connectivity index (χ2n) is 4.32. The van der Waals surface area contributed by atoms with Crippen LogP contribution < -0.4 is 14.8 Å². The number of halogens is 1. The van der Waals surface area contributed by atoms with E-state index in [1.54, 1.807) is 20.3 Å². The summed E-state index contributed by atoms with van der Waals surface area (Å²) >= 11 is 3.41. The van der Waals surface area contributed by atoms with Gasteiger partial charge in [-0.25, -0.2) is 0 Å². The van der Waals surface area contributed by atoms with E-state index in [1.807, 2.05) is 36.4 Å². The van der Waals surface area contributed by atoms with Gasteiger partial charge >= 0.3 is 0 Å². The zero-order chi connectivity index (χ0) is 15.2. The van der Waals surface area contributed by atoms with Crippen LogP contribution in [0.3, 0.4) is 0 Å². The third-order valence-electron chi connectivity index (χ3n) is 3.02. The summed E-state index contributed by atoms with van der Waals surface area (Å²) in [6.45, 7) is 0. The Hall–Kier alpha value is -2.19. The number of nitrogens with zero attached hydrogens (tertiary/aromatic N) is 1. The molecule has 0 saturated carbocycles. The molecule has 0 saturated heterocycles. The lowest BCUT2D eigenvalue weighted by atomic mass is 10.1.